The Bertz CT molecular complexity index is 556. The molecule has 0 N–H and O–H groups in total. The van der Waals surface area contributed by atoms with E-state index in [1.54, 1.807) is 23.2 Å². The highest BCUT2D eigenvalue weighted by Gasteiger charge is 2.49. The first-order valence-electron chi connectivity index (χ1n) is 7.59. The lowest BCUT2D eigenvalue weighted by Gasteiger charge is -2.34. The fourth-order valence-corrected chi connectivity index (χ4v) is 3.32. The van der Waals surface area contributed by atoms with Gasteiger partial charge in [-0.2, -0.15) is 0 Å². The first-order valence-corrected chi connectivity index (χ1v) is 7.97. The SMILES string of the molecule is CC(C)(C)OC(=O)N1C[C@H]2C[C@@H](Oc3ccc(Cl)cn3)[C@@H]1C2. The summed E-state index contributed by atoms with van der Waals surface area (Å²) in [7, 11) is 0. The Hall–Kier alpha value is -1.49. The van der Waals surface area contributed by atoms with E-state index in [0.29, 0.717) is 16.8 Å². The average Bonchev–Trinajstić information content (AvgIpc) is 2.99. The van der Waals surface area contributed by atoms with Crippen molar-refractivity contribution >= 4 is 17.7 Å². The molecule has 2 fully saturated rings. The van der Waals surface area contributed by atoms with Gasteiger partial charge in [0.05, 0.1) is 11.1 Å². The van der Waals surface area contributed by atoms with Crippen molar-refractivity contribution in [2.75, 3.05) is 6.54 Å². The van der Waals surface area contributed by atoms with Crippen molar-refractivity contribution in [1.29, 1.82) is 0 Å². The number of likely N-dealkylation sites (tertiary alicyclic amines) is 1. The summed E-state index contributed by atoms with van der Waals surface area (Å²) in [6.07, 6.45) is 3.21. The molecule has 5 nitrogen and oxygen atoms in total. The number of fused-ring (bicyclic) bond motifs is 2. The molecule has 1 saturated heterocycles. The molecule has 1 aliphatic carbocycles. The Labute approximate surface area is 135 Å². The minimum absolute atomic E-state index is 0.0278. The second-order valence-electron chi connectivity index (χ2n) is 7.01. The second kappa shape index (κ2) is 5.61. The van der Waals surface area contributed by atoms with Crippen molar-refractivity contribution < 1.29 is 14.3 Å². The monoisotopic (exact) mass is 324 g/mol. The second-order valence-corrected chi connectivity index (χ2v) is 7.44. The molecule has 1 amide bonds. The summed E-state index contributed by atoms with van der Waals surface area (Å²) < 4.78 is 11.4. The number of piperidine rings is 1. The van der Waals surface area contributed by atoms with E-state index in [4.69, 9.17) is 21.1 Å². The number of carbonyl (C=O) groups is 1. The van der Waals surface area contributed by atoms with Crippen LogP contribution >= 0.6 is 11.6 Å². The molecule has 1 aromatic rings. The number of rotatable bonds is 2. The molecule has 3 rings (SSSR count). The van der Waals surface area contributed by atoms with Crippen LogP contribution in [0.15, 0.2) is 18.3 Å². The summed E-state index contributed by atoms with van der Waals surface area (Å²) in [4.78, 5) is 18.3. The van der Waals surface area contributed by atoms with Crippen LogP contribution in [-0.4, -0.2) is 40.3 Å². The van der Waals surface area contributed by atoms with Crippen LogP contribution in [-0.2, 0) is 4.74 Å². The predicted octanol–water partition coefficient (Wildman–Crippen LogP) is 3.51. The van der Waals surface area contributed by atoms with Gasteiger partial charge in [0.15, 0.2) is 0 Å². The van der Waals surface area contributed by atoms with Crippen molar-refractivity contribution in [3.8, 4) is 5.88 Å². The molecule has 0 aromatic carbocycles. The average molecular weight is 325 g/mol. The van der Waals surface area contributed by atoms with Crippen molar-refractivity contribution in [2.45, 2.75) is 51.4 Å². The zero-order chi connectivity index (χ0) is 15.9. The molecule has 3 atom stereocenters. The number of hydrogen-bond acceptors (Lipinski definition) is 4. The molecule has 0 radical (unpaired) electrons. The van der Waals surface area contributed by atoms with Gasteiger partial charge < -0.3 is 14.4 Å². The van der Waals surface area contributed by atoms with Gasteiger partial charge in [0.25, 0.3) is 0 Å². The largest absolute Gasteiger partial charge is 0.472 e. The van der Waals surface area contributed by atoms with E-state index in [0.717, 1.165) is 19.4 Å². The van der Waals surface area contributed by atoms with Gasteiger partial charge in [-0.25, -0.2) is 9.78 Å². The quantitative estimate of drug-likeness (QED) is 0.835. The van der Waals surface area contributed by atoms with E-state index < -0.39 is 5.60 Å². The van der Waals surface area contributed by atoms with Crippen LogP contribution in [0, 0.1) is 5.92 Å². The van der Waals surface area contributed by atoms with E-state index in [9.17, 15) is 4.79 Å². The predicted molar refractivity (Wildman–Crippen MR) is 83.1 cm³/mol. The number of ether oxygens (including phenoxy) is 2. The third-order valence-corrected chi connectivity index (χ3v) is 4.25. The standard InChI is InChI=1S/C16H21ClN2O3/c1-16(2,3)22-15(20)19-9-10-6-12(19)13(7-10)21-14-5-4-11(17)8-18-14/h4-5,8,10,12-13H,6-7,9H2,1-3H3/t10-,12+,13-/m1/s1. The van der Waals surface area contributed by atoms with Crippen LogP contribution in [0.2, 0.25) is 5.02 Å². The van der Waals surface area contributed by atoms with Gasteiger partial charge in [0.2, 0.25) is 5.88 Å². The highest BCUT2D eigenvalue weighted by atomic mass is 35.5. The fourth-order valence-electron chi connectivity index (χ4n) is 3.21. The molecule has 22 heavy (non-hydrogen) atoms. The van der Waals surface area contributed by atoms with Gasteiger partial charge in [-0.15, -0.1) is 0 Å². The van der Waals surface area contributed by atoms with Crippen LogP contribution in [0.3, 0.4) is 0 Å². The van der Waals surface area contributed by atoms with E-state index in [2.05, 4.69) is 4.98 Å². The molecule has 120 valence electrons. The lowest BCUT2D eigenvalue weighted by atomic mass is 10.1. The third-order valence-electron chi connectivity index (χ3n) is 4.03. The third kappa shape index (κ3) is 3.29. The maximum Gasteiger partial charge on any atom is 0.410 e. The summed E-state index contributed by atoms with van der Waals surface area (Å²) in [6, 6.07) is 3.58. The van der Waals surface area contributed by atoms with E-state index in [-0.39, 0.29) is 18.2 Å². The van der Waals surface area contributed by atoms with Crippen LogP contribution in [0.5, 0.6) is 5.88 Å². The number of hydrogen-bond donors (Lipinski definition) is 0. The fraction of sp³-hybridized carbons (Fsp3) is 0.625. The minimum atomic E-state index is -0.479. The summed E-state index contributed by atoms with van der Waals surface area (Å²) >= 11 is 5.83. The van der Waals surface area contributed by atoms with Crippen LogP contribution in [0.1, 0.15) is 33.6 Å². The Balaban J connectivity index is 1.66. The Morgan fingerprint density at radius 3 is 2.73 bits per heavy atom. The van der Waals surface area contributed by atoms with Crippen molar-refractivity contribution in [1.82, 2.24) is 9.88 Å². The molecule has 6 heteroatoms. The zero-order valence-corrected chi connectivity index (χ0v) is 13.8. The van der Waals surface area contributed by atoms with Crippen molar-refractivity contribution in [2.24, 2.45) is 5.92 Å². The van der Waals surface area contributed by atoms with Gasteiger partial charge in [-0.05, 0) is 45.6 Å². The highest BCUT2D eigenvalue weighted by molar-refractivity contribution is 6.30. The number of aromatic nitrogens is 1. The molecule has 1 saturated carbocycles. The van der Waals surface area contributed by atoms with Crippen molar-refractivity contribution in [3.05, 3.63) is 23.4 Å². The number of halogens is 1. The smallest absolute Gasteiger partial charge is 0.410 e. The van der Waals surface area contributed by atoms with E-state index >= 15 is 0 Å². The normalized spacial score (nSPS) is 27.1. The van der Waals surface area contributed by atoms with Gasteiger partial charge in [0, 0.05) is 18.8 Å². The maximum atomic E-state index is 12.3. The number of nitrogens with zero attached hydrogens (tertiary/aromatic N) is 2. The number of amides is 1. The molecule has 2 bridgehead atoms. The summed E-state index contributed by atoms with van der Waals surface area (Å²) in [5.41, 5.74) is -0.479. The highest BCUT2D eigenvalue weighted by Crippen LogP contribution is 2.40. The Morgan fingerprint density at radius 1 is 1.36 bits per heavy atom. The molecule has 1 aliphatic heterocycles. The minimum Gasteiger partial charge on any atom is -0.472 e. The number of pyridine rings is 1. The molecule has 0 spiro atoms. The maximum absolute atomic E-state index is 12.3. The Kier molecular flexibility index (Phi) is 3.93. The van der Waals surface area contributed by atoms with E-state index in [1.165, 1.54) is 0 Å². The first-order chi connectivity index (χ1) is 10.3. The van der Waals surface area contributed by atoms with Crippen molar-refractivity contribution in [3.63, 3.8) is 0 Å². The molecule has 0 unspecified atom stereocenters. The molecule has 2 aliphatic rings. The summed E-state index contributed by atoms with van der Waals surface area (Å²) in [5.74, 6) is 1.03. The molecule has 2 heterocycles. The van der Waals surface area contributed by atoms with Crippen LogP contribution in [0.4, 0.5) is 4.79 Å². The van der Waals surface area contributed by atoms with Gasteiger partial charge in [-0.3, -0.25) is 0 Å². The van der Waals surface area contributed by atoms with Gasteiger partial charge in [-0.1, -0.05) is 11.6 Å². The first kappa shape index (κ1) is 15.4. The van der Waals surface area contributed by atoms with Gasteiger partial charge >= 0.3 is 6.09 Å². The summed E-state index contributed by atoms with van der Waals surface area (Å²) in [5, 5.41) is 0.579. The zero-order valence-electron chi connectivity index (χ0n) is 13.1. The molecular formula is C16H21ClN2O3. The summed E-state index contributed by atoms with van der Waals surface area (Å²) in [6.45, 7) is 6.40. The lowest BCUT2D eigenvalue weighted by molar-refractivity contribution is 0.00213. The van der Waals surface area contributed by atoms with Gasteiger partial charge in [0.1, 0.15) is 11.7 Å². The van der Waals surface area contributed by atoms with Crippen LogP contribution < -0.4 is 4.74 Å². The van der Waals surface area contributed by atoms with E-state index in [1.807, 2.05) is 20.8 Å². The molecular weight excluding hydrogens is 304 g/mol. The Morgan fingerprint density at radius 2 is 2.14 bits per heavy atom. The van der Waals surface area contributed by atoms with Crippen LogP contribution in [0.25, 0.3) is 0 Å². The number of carbonyl (C=O) groups excluding carboxylic acids is 1. The topological polar surface area (TPSA) is 51.7 Å². The lowest BCUT2D eigenvalue weighted by Crippen LogP contribution is -2.48. The molecule has 1 aromatic heterocycles.